The normalized spacial score (nSPS) is 12.8. The van der Waals surface area contributed by atoms with E-state index in [1.807, 2.05) is 18.4 Å². The second-order valence-electron chi connectivity index (χ2n) is 3.00. The zero-order valence-corrected chi connectivity index (χ0v) is 8.86. The van der Waals surface area contributed by atoms with Crippen LogP contribution in [0.2, 0.25) is 0 Å². The molecule has 1 atom stereocenters. The van der Waals surface area contributed by atoms with E-state index < -0.39 is 6.10 Å². The molecule has 0 saturated heterocycles. The molecular formula is C10H16N2O2. The Morgan fingerprint density at radius 1 is 1.64 bits per heavy atom. The van der Waals surface area contributed by atoms with Crippen molar-refractivity contribution in [3.63, 3.8) is 0 Å². The van der Waals surface area contributed by atoms with Gasteiger partial charge in [0.2, 0.25) is 5.78 Å². The first-order valence-corrected chi connectivity index (χ1v) is 4.87. The number of carbonyl (C=O) groups excluding carboxylic acids is 1. The number of aromatic nitrogens is 2. The third kappa shape index (κ3) is 2.20. The summed E-state index contributed by atoms with van der Waals surface area (Å²) in [6.45, 7) is 6.89. The second-order valence-corrected chi connectivity index (χ2v) is 3.00. The highest BCUT2D eigenvalue weighted by Crippen LogP contribution is 2.04. The highest BCUT2D eigenvalue weighted by Gasteiger charge is 2.19. The predicted octanol–water partition coefficient (Wildman–Crippen LogP) is 1.51. The Morgan fingerprint density at radius 3 is 2.93 bits per heavy atom. The van der Waals surface area contributed by atoms with Gasteiger partial charge >= 0.3 is 0 Å². The molecule has 4 nitrogen and oxygen atoms in total. The van der Waals surface area contributed by atoms with Crippen LogP contribution in [0, 0.1) is 0 Å². The molecule has 0 spiro atoms. The Hall–Kier alpha value is -1.16. The van der Waals surface area contributed by atoms with Gasteiger partial charge in [-0.15, -0.1) is 0 Å². The van der Waals surface area contributed by atoms with Crippen LogP contribution in [0.5, 0.6) is 0 Å². The number of hydrogen-bond donors (Lipinski definition) is 0. The third-order valence-corrected chi connectivity index (χ3v) is 2.06. The lowest BCUT2D eigenvalue weighted by atomic mass is 10.2. The van der Waals surface area contributed by atoms with Crippen molar-refractivity contribution in [1.29, 1.82) is 0 Å². The third-order valence-electron chi connectivity index (χ3n) is 2.06. The van der Waals surface area contributed by atoms with E-state index >= 15 is 0 Å². The Bertz CT molecular complexity index is 307. The zero-order valence-electron chi connectivity index (χ0n) is 8.86. The van der Waals surface area contributed by atoms with E-state index in [1.54, 1.807) is 19.3 Å². The molecule has 14 heavy (non-hydrogen) atoms. The summed E-state index contributed by atoms with van der Waals surface area (Å²) in [7, 11) is 0. The fourth-order valence-corrected chi connectivity index (χ4v) is 1.30. The van der Waals surface area contributed by atoms with E-state index in [1.165, 1.54) is 0 Å². The van der Waals surface area contributed by atoms with E-state index in [9.17, 15) is 4.79 Å². The first-order chi connectivity index (χ1) is 6.70. The molecule has 1 unspecified atom stereocenters. The van der Waals surface area contributed by atoms with Crippen molar-refractivity contribution in [2.45, 2.75) is 33.4 Å². The molecule has 1 aromatic heterocycles. The average Bonchev–Trinajstić information content (AvgIpc) is 2.64. The van der Waals surface area contributed by atoms with Crippen LogP contribution < -0.4 is 0 Å². The molecular weight excluding hydrogens is 180 g/mol. The SMILES string of the molecule is CCOC(C)C(=O)c1nccn1CC. The van der Waals surface area contributed by atoms with Gasteiger partial charge in [0.05, 0.1) is 0 Å². The van der Waals surface area contributed by atoms with Crippen molar-refractivity contribution in [1.82, 2.24) is 9.55 Å². The van der Waals surface area contributed by atoms with Crippen LogP contribution in [0.25, 0.3) is 0 Å². The molecule has 0 saturated carbocycles. The monoisotopic (exact) mass is 196 g/mol. The number of nitrogens with zero attached hydrogens (tertiary/aromatic N) is 2. The highest BCUT2D eigenvalue weighted by molar-refractivity contribution is 5.96. The average molecular weight is 196 g/mol. The number of aryl methyl sites for hydroxylation is 1. The van der Waals surface area contributed by atoms with Crippen molar-refractivity contribution in [2.24, 2.45) is 0 Å². The molecule has 1 aromatic rings. The van der Waals surface area contributed by atoms with E-state index in [4.69, 9.17) is 4.74 Å². The Kier molecular flexibility index (Phi) is 3.83. The van der Waals surface area contributed by atoms with Gasteiger partial charge in [0.25, 0.3) is 0 Å². The van der Waals surface area contributed by atoms with Gasteiger partial charge in [-0.05, 0) is 20.8 Å². The second kappa shape index (κ2) is 4.91. The van der Waals surface area contributed by atoms with E-state index in [-0.39, 0.29) is 5.78 Å². The van der Waals surface area contributed by atoms with Crippen LogP contribution in [0.4, 0.5) is 0 Å². The summed E-state index contributed by atoms with van der Waals surface area (Å²) in [4.78, 5) is 15.8. The van der Waals surface area contributed by atoms with Crippen LogP contribution in [-0.2, 0) is 11.3 Å². The van der Waals surface area contributed by atoms with Crippen molar-refractivity contribution < 1.29 is 9.53 Å². The van der Waals surface area contributed by atoms with E-state index in [0.717, 1.165) is 6.54 Å². The fourth-order valence-electron chi connectivity index (χ4n) is 1.30. The molecule has 0 N–H and O–H groups in total. The zero-order chi connectivity index (χ0) is 10.6. The topological polar surface area (TPSA) is 44.1 Å². The Labute approximate surface area is 83.9 Å². The molecule has 0 aliphatic rings. The fraction of sp³-hybridized carbons (Fsp3) is 0.600. The van der Waals surface area contributed by atoms with E-state index in [0.29, 0.717) is 12.4 Å². The summed E-state index contributed by atoms with van der Waals surface area (Å²) in [5.41, 5.74) is 0. The Morgan fingerprint density at radius 2 is 2.36 bits per heavy atom. The van der Waals surface area contributed by atoms with Crippen LogP contribution in [0.15, 0.2) is 12.4 Å². The van der Waals surface area contributed by atoms with Crippen molar-refractivity contribution in [2.75, 3.05) is 6.61 Å². The number of carbonyl (C=O) groups is 1. The quantitative estimate of drug-likeness (QED) is 0.670. The molecule has 0 aliphatic heterocycles. The van der Waals surface area contributed by atoms with Gasteiger partial charge in [-0.3, -0.25) is 4.79 Å². The van der Waals surface area contributed by atoms with Gasteiger partial charge in [0.1, 0.15) is 6.10 Å². The summed E-state index contributed by atoms with van der Waals surface area (Å²) in [5, 5.41) is 0. The maximum Gasteiger partial charge on any atom is 0.226 e. The first-order valence-electron chi connectivity index (χ1n) is 4.87. The van der Waals surface area contributed by atoms with Gasteiger partial charge in [0.15, 0.2) is 5.82 Å². The molecule has 0 amide bonds. The summed E-state index contributed by atoms with van der Waals surface area (Å²) >= 11 is 0. The minimum atomic E-state index is -0.410. The van der Waals surface area contributed by atoms with Gasteiger partial charge in [0, 0.05) is 25.5 Å². The van der Waals surface area contributed by atoms with Gasteiger partial charge in [-0.25, -0.2) is 4.98 Å². The molecule has 0 radical (unpaired) electrons. The predicted molar refractivity (Wildman–Crippen MR) is 53.3 cm³/mol. The lowest BCUT2D eigenvalue weighted by Crippen LogP contribution is -2.24. The minimum Gasteiger partial charge on any atom is -0.370 e. The molecule has 1 rings (SSSR count). The molecule has 0 bridgehead atoms. The summed E-state index contributed by atoms with van der Waals surface area (Å²) < 4.78 is 7.04. The number of ether oxygens (including phenoxy) is 1. The van der Waals surface area contributed by atoms with Crippen LogP contribution >= 0.6 is 0 Å². The molecule has 78 valence electrons. The van der Waals surface area contributed by atoms with Crippen molar-refractivity contribution >= 4 is 5.78 Å². The summed E-state index contributed by atoms with van der Waals surface area (Å²) in [6.07, 6.45) is 3.02. The lowest BCUT2D eigenvalue weighted by Gasteiger charge is -2.10. The van der Waals surface area contributed by atoms with Gasteiger partial charge in [-0.2, -0.15) is 0 Å². The number of rotatable bonds is 5. The number of Topliss-reactive ketones (excluding diaryl/α,β-unsaturated/α-hetero) is 1. The van der Waals surface area contributed by atoms with Gasteiger partial charge in [-0.1, -0.05) is 0 Å². The Balaban J connectivity index is 2.78. The van der Waals surface area contributed by atoms with Crippen molar-refractivity contribution in [3.8, 4) is 0 Å². The smallest absolute Gasteiger partial charge is 0.226 e. The number of imidazole rings is 1. The number of ketones is 1. The standard InChI is InChI=1S/C10H16N2O2/c1-4-12-7-6-11-10(12)9(13)8(3)14-5-2/h6-8H,4-5H2,1-3H3. The maximum absolute atomic E-state index is 11.8. The minimum absolute atomic E-state index is 0.0568. The van der Waals surface area contributed by atoms with Gasteiger partial charge < -0.3 is 9.30 Å². The molecule has 0 aromatic carbocycles. The molecule has 0 fully saturated rings. The van der Waals surface area contributed by atoms with Crippen LogP contribution in [-0.4, -0.2) is 28.0 Å². The molecule has 1 heterocycles. The van der Waals surface area contributed by atoms with Crippen molar-refractivity contribution in [3.05, 3.63) is 18.2 Å². The molecule has 4 heteroatoms. The van der Waals surface area contributed by atoms with E-state index in [2.05, 4.69) is 4.98 Å². The largest absolute Gasteiger partial charge is 0.370 e. The van der Waals surface area contributed by atoms with Crippen LogP contribution in [0.3, 0.4) is 0 Å². The summed E-state index contributed by atoms with van der Waals surface area (Å²) in [5.74, 6) is 0.423. The first kappa shape index (κ1) is 10.9. The summed E-state index contributed by atoms with van der Waals surface area (Å²) in [6, 6.07) is 0. The highest BCUT2D eigenvalue weighted by atomic mass is 16.5. The van der Waals surface area contributed by atoms with Crippen LogP contribution in [0.1, 0.15) is 31.4 Å². The maximum atomic E-state index is 11.8. The number of hydrogen-bond acceptors (Lipinski definition) is 3. The lowest BCUT2D eigenvalue weighted by molar-refractivity contribution is 0.0507. The molecule has 0 aliphatic carbocycles.